The Balaban J connectivity index is 0.000000175. The fourth-order valence-corrected chi connectivity index (χ4v) is 6.75. The molecule has 6 heterocycles. The second-order valence-corrected chi connectivity index (χ2v) is 10.9. The van der Waals surface area contributed by atoms with Crippen molar-refractivity contribution in [3.05, 3.63) is 68.5 Å². The molecule has 4 atom stereocenters. The Morgan fingerprint density at radius 2 is 1.30 bits per heavy atom. The molecular formula is C26H39IN4O2. The van der Waals surface area contributed by atoms with Crippen LogP contribution in [0.4, 0.5) is 0 Å². The normalized spacial score (nSPS) is 28.6. The quantitative estimate of drug-likeness (QED) is 0.322. The van der Waals surface area contributed by atoms with Gasteiger partial charge in [-0.25, -0.2) is 0 Å². The first-order chi connectivity index (χ1) is 14.8. The molecule has 2 aromatic heterocycles. The Bertz CT molecular complexity index is 1090. The lowest BCUT2D eigenvalue weighted by Crippen LogP contribution is -3.00. The van der Waals surface area contributed by atoms with Crippen molar-refractivity contribution < 1.29 is 28.5 Å². The van der Waals surface area contributed by atoms with Crippen molar-refractivity contribution in [1.29, 1.82) is 0 Å². The second-order valence-electron chi connectivity index (χ2n) is 10.9. The molecule has 0 aromatic carbocycles. The van der Waals surface area contributed by atoms with Gasteiger partial charge in [-0.2, -0.15) is 0 Å². The summed E-state index contributed by atoms with van der Waals surface area (Å²) in [4.78, 5) is 25.9. The molecule has 0 N–H and O–H groups in total. The van der Waals surface area contributed by atoms with Crippen LogP contribution < -0.4 is 35.1 Å². The lowest BCUT2D eigenvalue weighted by Gasteiger charge is -2.45. The Morgan fingerprint density at radius 3 is 1.94 bits per heavy atom. The van der Waals surface area contributed by atoms with Gasteiger partial charge in [-0.05, 0) is 37.9 Å². The number of hydrogen-bond acceptors (Lipinski definition) is 3. The average molecular weight is 567 g/mol. The molecule has 33 heavy (non-hydrogen) atoms. The van der Waals surface area contributed by atoms with Gasteiger partial charge in [-0.3, -0.25) is 9.59 Å². The monoisotopic (exact) mass is 566 g/mol. The van der Waals surface area contributed by atoms with E-state index in [1.807, 2.05) is 21.3 Å². The first-order valence-electron chi connectivity index (χ1n) is 11.7. The zero-order valence-corrected chi connectivity index (χ0v) is 21.6. The first kappa shape index (κ1) is 26.2. The number of pyridine rings is 2. The van der Waals surface area contributed by atoms with Crippen molar-refractivity contribution in [3.8, 4) is 0 Å². The molecule has 6 nitrogen and oxygen atoms in total. The molecule has 2 fully saturated rings. The highest BCUT2D eigenvalue weighted by Crippen LogP contribution is 2.36. The average Bonchev–Trinajstić information content (AvgIpc) is 2.69. The Morgan fingerprint density at radius 1 is 0.758 bits per heavy atom. The highest BCUT2D eigenvalue weighted by Gasteiger charge is 2.39. The maximum absolute atomic E-state index is 11.8. The van der Waals surface area contributed by atoms with Gasteiger partial charge in [-0.1, -0.05) is 19.6 Å². The summed E-state index contributed by atoms with van der Waals surface area (Å²) in [7, 11) is 6.78. The number of quaternary nitrogens is 1. The fraction of sp³-hybridized carbons (Fsp3) is 0.615. The van der Waals surface area contributed by atoms with Crippen LogP contribution in [0.1, 0.15) is 43.5 Å². The SMILES string of the molecule is C.CN1CC2CC(C1)c1cccc(=O)n1C2.C[N+]1(C)CC2CC(C1)c1cccc(=O)n1C2.[I-]. The van der Waals surface area contributed by atoms with Crippen LogP contribution in [-0.4, -0.2) is 65.8 Å². The highest BCUT2D eigenvalue weighted by molar-refractivity contribution is 5.17. The van der Waals surface area contributed by atoms with Gasteiger partial charge in [-0.15, -0.1) is 0 Å². The van der Waals surface area contributed by atoms with Crippen molar-refractivity contribution in [2.24, 2.45) is 11.8 Å². The van der Waals surface area contributed by atoms with Crippen LogP contribution in [0.2, 0.25) is 0 Å². The standard InChI is InChI=1S/C13H19N2O.C12H16N2O.CH4.HI/c1-15(2)8-10-6-11(9-15)12-4-3-5-13(16)14(12)7-10;1-13-6-9-5-10(8-13)11-3-2-4-12(15)14(11)7-9;;/h3-5,10-11H,6-9H2,1-2H3;2-4,9-10H,5-8H2,1H3;1H4;1H/q+1;;;/p-1. The van der Waals surface area contributed by atoms with Crippen LogP contribution in [-0.2, 0) is 13.1 Å². The van der Waals surface area contributed by atoms with E-state index in [1.165, 1.54) is 37.3 Å². The summed E-state index contributed by atoms with van der Waals surface area (Å²) in [5, 5.41) is 0. The van der Waals surface area contributed by atoms with E-state index in [0.717, 1.165) is 30.7 Å². The van der Waals surface area contributed by atoms with Crippen LogP contribution in [0.25, 0.3) is 0 Å². The van der Waals surface area contributed by atoms with Gasteiger partial charge in [0.05, 0.1) is 27.2 Å². The smallest absolute Gasteiger partial charge is 0.250 e. The molecule has 0 amide bonds. The summed E-state index contributed by atoms with van der Waals surface area (Å²) >= 11 is 0. The van der Waals surface area contributed by atoms with E-state index in [1.54, 1.807) is 12.1 Å². The number of likely N-dealkylation sites (N-methyl/N-ethyl adjacent to an activating group) is 2. The van der Waals surface area contributed by atoms with E-state index in [4.69, 9.17) is 0 Å². The molecule has 6 rings (SSSR count). The largest absolute Gasteiger partial charge is 1.00 e. The van der Waals surface area contributed by atoms with E-state index in [9.17, 15) is 9.59 Å². The van der Waals surface area contributed by atoms with Gasteiger partial charge < -0.3 is 42.5 Å². The predicted molar refractivity (Wildman–Crippen MR) is 129 cm³/mol. The number of fused-ring (bicyclic) bond motifs is 8. The molecule has 182 valence electrons. The molecule has 0 aliphatic carbocycles. The number of aromatic nitrogens is 2. The zero-order valence-electron chi connectivity index (χ0n) is 19.4. The minimum absolute atomic E-state index is 0. The third-order valence-corrected chi connectivity index (χ3v) is 7.69. The summed E-state index contributed by atoms with van der Waals surface area (Å²) in [6.07, 6.45) is 2.53. The molecule has 4 aliphatic heterocycles. The maximum Gasteiger partial charge on any atom is 0.250 e. The third kappa shape index (κ3) is 5.30. The summed E-state index contributed by atoms with van der Waals surface area (Å²) in [5.74, 6) is 2.50. The Hall–Kier alpha value is -1.45. The van der Waals surface area contributed by atoms with Crippen LogP contribution in [0.15, 0.2) is 46.0 Å². The molecule has 4 unspecified atom stereocenters. The van der Waals surface area contributed by atoms with Crippen molar-refractivity contribution in [2.45, 2.75) is 45.2 Å². The van der Waals surface area contributed by atoms with Crippen molar-refractivity contribution in [2.75, 3.05) is 47.3 Å². The minimum atomic E-state index is 0. The number of rotatable bonds is 0. The second kappa shape index (κ2) is 10.0. The van der Waals surface area contributed by atoms with Crippen LogP contribution in [0.3, 0.4) is 0 Å². The topological polar surface area (TPSA) is 47.2 Å². The van der Waals surface area contributed by atoms with Crippen LogP contribution in [0.5, 0.6) is 0 Å². The molecule has 2 aromatic rings. The number of likely N-dealkylation sites (tertiary alicyclic amines) is 2. The van der Waals surface area contributed by atoms with Gasteiger partial charge in [0.25, 0.3) is 11.1 Å². The Labute approximate surface area is 214 Å². The lowest BCUT2D eigenvalue weighted by atomic mass is 9.82. The van der Waals surface area contributed by atoms with Gasteiger partial charge in [0.1, 0.15) is 0 Å². The predicted octanol–water partition coefficient (Wildman–Crippen LogP) is -0.421. The van der Waals surface area contributed by atoms with Gasteiger partial charge in [0.2, 0.25) is 0 Å². The number of hydrogen-bond donors (Lipinski definition) is 0. The molecule has 0 radical (unpaired) electrons. The highest BCUT2D eigenvalue weighted by atomic mass is 127. The van der Waals surface area contributed by atoms with E-state index in [0.29, 0.717) is 23.7 Å². The Kier molecular flexibility index (Phi) is 7.96. The number of halogens is 1. The summed E-state index contributed by atoms with van der Waals surface area (Å²) in [5.41, 5.74) is 2.85. The van der Waals surface area contributed by atoms with Gasteiger partial charge in [0, 0.05) is 67.5 Å². The van der Waals surface area contributed by atoms with E-state index < -0.39 is 0 Å². The fourth-order valence-electron chi connectivity index (χ4n) is 6.75. The number of piperidine rings is 2. The van der Waals surface area contributed by atoms with Crippen molar-refractivity contribution in [1.82, 2.24) is 14.0 Å². The molecular weight excluding hydrogens is 527 g/mol. The van der Waals surface area contributed by atoms with Gasteiger partial charge >= 0.3 is 0 Å². The van der Waals surface area contributed by atoms with Crippen LogP contribution in [0, 0.1) is 11.8 Å². The van der Waals surface area contributed by atoms with Crippen LogP contribution >= 0.6 is 0 Å². The molecule has 4 bridgehead atoms. The molecule has 7 heteroatoms. The molecule has 0 saturated carbocycles. The van der Waals surface area contributed by atoms with Crippen molar-refractivity contribution >= 4 is 0 Å². The molecule has 2 saturated heterocycles. The van der Waals surface area contributed by atoms with Crippen molar-refractivity contribution in [3.63, 3.8) is 0 Å². The van der Waals surface area contributed by atoms with E-state index >= 15 is 0 Å². The van der Waals surface area contributed by atoms with E-state index in [2.05, 4.69) is 38.2 Å². The molecule has 0 spiro atoms. The summed E-state index contributed by atoms with van der Waals surface area (Å²) < 4.78 is 5.07. The van der Waals surface area contributed by atoms with Gasteiger partial charge in [0.15, 0.2) is 0 Å². The summed E-state index contributed by atoms with van der Waals surface area (Å²) in [6, 6.07) is 11.4. The van der Waals surface area contributed by atoms with E-state index in [-0.39, 0.29) is 42.5 Å². The minimum Gasteiger partial charge on any atom is -1.00 e. The summed E-state index contributed by atoms with van der Waals surface area (Å²) in [6.45, 7) is 6.44. The zero-order chi connectivity index (χ0) is 21.8. The molecule has 4 aliphatic rings. The lowest BCUT2D eigenvalue weighted by molar-refractivity contribution is -0.901. The number of nitrogens with zero attached hydrogens (tertiary/aromatic N) is 4. The first-order valence-corrected chi connectivity index (χ1v) is 11.7. The maximum atomic E-state index is 11.8. The third-order valence-electron chi connectivity index (χ3n) is 7.69.